The summed E-state index contributed by atoms with van der Waals surface area (Å²) >= 11 is 6.40. The molecule has 0 radical (unpaired) electrons. The highest BCUT2D eigenvalue weighted by Gasteiger charge is 2.47. The summed E-state index contributed by atoms with van der Waals surface area (Å²) in [5, 5.41) is 8.85. The number of fused-ring (bicyclic) bond motifs is 1. The number of hydrogen-bond acceptors (Lipinski definition) is 8. The predicted molar refractivity (Wildman–Crippen MR) is 149 cm³/mol. The van der Waals surface area contributed by atoms with Crippen molar-refractivity contribution in [3.05, 3.63) is 35.1 Å². The van der Waals surface area contributed by atoms with Crippen LogP contribution in [-0.4, -0.2) is 56.8 Å². The first-order valence-electron chi connectivity index (χ1n) is 13.8. The molecule has 3 aliphatic rings. The van der Waals surface area contributed by atoms with E-state index in [4.69, 9.17) is 42.2 Å². The molecule has 3 N–H and O–H groups in total. The molecule has 2 aromatic heterocycles. The van der Waals surface area contributed by atoms with Crippen LogP contribution in [0.1, 0.15) is 57.7 Å². The normalized spacial score (nSPS) is 22.6. The average molecular weight is 552 g/mol. The number of nitrogens with two attached hydrogens (primary N) is 1. The molecule has 3 heterocycles. The lowest BCUT2D eigenvalue weighted by Crippen LogP contribution is -2.62. The standard InChI is InChI=1S/C28H34ClN7O3/c1-17-6-8-18(9-7-17)15-35-22-21(19-4-2-5-20(29)14-19)32-25(23(30)39-26(31)37)33-24(22)34-27(35)36-12-13-38-16-28(36)10-3-11-28/h2,4-5,14,17-18,30H,3,6-13,15-16H2,1H3,(H2,31,37). The molecule has 1 saturated heterocycles. The van der Waals surface area contributed by atoms with Crippen LogP contribution in [0.5, 0.6) is 0 Å². The number of carbonyl (C=O) groups excluding carboxylic acids is 1. The summed E-state index contributed by atoms with van der Waals surface area (Å²) in [5.74, 6) is 1.55. The van der Waals surface area contributed by atoms with E-state index in [1.807, 2.05) is 24.3 Å². The van der Waals surface area contributed by atoms with Gasteiger partial charge in [0.2, 0.25) is 11.8 Å². The number of amides is 1. The van der Waals surface area contributed by atoms with Gasteiger partial charge in [-0.25, -0.2) is 14.8 Å². The summed E-state index contributed by atoms with van der Waals surface area (Å²) in [7, 11) is 0. The first kappa shape index (κ1) is 26.0. The van der Waals surface area contributed by atoms with E-state index >= 15 is 0 Å². The van der Waals surface area contributed by atoms with Gasteiger partial charge < -0.3 is 24.7 Å². The minimum Gasteiger partial charge on any atom is -0.388 e. The Morgan fingerprint density at radius 2 is 2.03 bits per heavy atom. The monoisotopic (exact) mass is 551 g/mol. The SMILES string of the molecule is CC1CCC(Cn2c(N3CCOCC34CCC4)nc3nc(C(=N)OC(N)=O)nc(-c4cccc(Cl)c4)c32)CC1. The van der Waals surface area contributed by atoms with Crippen LogP contribution >= 0.6 is 11.6 Å². The molecule has 6 rings (SSSR count). The highest BCUT2D eigenvalue weighted by atomic mass is 35.5. The maximum Gasteiger partial charge on any atom is 0.411 e. The second kappa shape index (κ2) is 10.4. The molecule has 2 aliphatic carbocycles. The van der Waals surface area contributed by atoms with E-state index < -0.39 is 12.0 Å². The minimum atomic E-state index is -1.09. The number of primary amides is 1. The van der Waals surface area contributed by atoms with E-state index in [9.17, 15) is 4.79 Å². The Morgan fingerprint density at radius 3 is 2.72 bits per heavy atom. The zero-order valence-corrected chi connectivity index (χ0v) is 22.9. The number of nitrogens with zero attached hydrogens (tertiary/aromatic N) is 5. The first-order chi connectivity index (χ1) is 18.8. The largest absolute Gasteiger partial charge is 0.411 e. The fourth-order valence-electron chi connectivity index (χ4n) is 6.30. The van der Waals surface area contributed by atoms with Gasteiger partial charge in [0, 0.05) is 23.7 Å². The third kappa shape index (κ3) is 4.96. The van der Waals surface area contributed by atoms with E-state index in [-0.39, 0.29) is 11.4 Å². The number of carbonyl (C=O) groups is 1. The number of rotatable bonds is 5. The Bertz CT molecular complexity index is 1410. The molecule has 0 atom stereocenters. The molecule has 0 bridgehead atoms. The topological polar surface area (TPSA) is 132 Å². The second-order valence-electron chi connectivity index (χ2n) is 11.3. The van der Waals surface area contributed by atoms with Gasteiger partial charge in [-0.15, -0.1) is 0 Å². The molecule has 1 amide bonds. The van der Waals surface area contributed by atoms with Crippen molar-refractivity contribution in [3.8, 4) is 11.3 Å². The van der Waals surface area contributed by atoms with Crippen LogP contribution in [0.2, 0.25) is 5.02 Å². The van der Waals surface area contributed by atoms with Crippen molar-refractivity contribution in [1.82, 2.24) is 19.5 Å². The van der Waals surface area contributed by atoms with Crippen molar-refractivity contribution in [3.63, 3.8) is 0 Å². The average Bonchev–Trinajstić information content (AvgIpc) is 3.26. The van der Waals surface area contributed by atoms with Gasteiger partial charge in [0.15, 0.2) is 5.65 Å². The van der Waals surface area contributed by atoms with E-state index in [1.165, 1.54) is 19.3 Å². The number of nitrogens with one attached hydrogen (secondary N) is 1. The molecule has 2 saturated carbocycles. The van der Waals surface area contributed by atoms with Crippen LogP contribution in [-0.2, 0) is 16.0 Å². The lowest BCUT2D eigenvalue weighted by atomic mass is 9.75. The molecule has 3 fully saturated rings. The molecule has 1 aliphatic heterocycles. The summed E-state index contributed by atoms with van der Waals surface area (Å²) in [6.07, 6.45) is 6.97. The van der Waals surface area contributed by atoms with Crippen LogP contribution in [0.25, 0.3) is 22.4 Å². The predicted octanol–water partition coefficient (Wildman–Crippen LogP) is 5.15. The number of imidazole rings is 1. The third-order valence-corrected chi connectivity index (χ3v) is 8.83. The Labute approximate surface area is 232 Å². The fourth-order valence-corrected chi connectivity index (χ4v) is 6.49. The van der Waals surface area contributed by atoms with Crippen LogP contribution in [0.3, 0.4) is 0 Å². The van der Waals surface area contributed by atoms with Gasteiger partial charge in [-0.1, -0.05) is 43.5 Å². The Morgan fingerprint density at radius 1 is 1.23 bits per heavy atom. The van der Waals surface area contributed by atoms with Crippen molar-refractivity contribution < 1.29 is 14.3 Å². The van der Waals surface area contributed by atoms with Crippen molar-refractivity contribution in [2.45, 2.75) is 64.0 Å². The number of ether oxygens (including phenoxy) is 2. The summed E-state index contributed by atoms with van der Waals surface area (Å²) in [6, 6.07) is 7.44. The molecular weight excluding hydrogens is 518 g/mol. The summed E-state index contributed by atoms with van der Waals surface area (Å²) in [4.78, 5) is 28.3. The molecule has 39 heavy (non-hydrogen) atoms. The number of morpholine rings is 1. The zero-order valence-electron chi connectivity index (χ0n) is 22.2. The highest BCUT2D eigenvalue weighted by molar-refractivity contribution is 6.30. The van der Waals surface area contributed by atoms with Crippen molar-refractivity contribution >= 4 is 40.7 Å². The zero-order chi connectivity index (χ0) is 27.1. The van der Waals surface area contributed by atoms with Gasteiger partial charge in [0.1, 0.15) is 11.2 Å². The quantitative estimate of drug-likeness (QED) is 0.331. The molecule has 3 aromatic rings. The minimum absolute atomic E-state index is 0.0562. The highest BCUT2D eigenvalue weighted by Crippen LogP contribution is 2.44. The number of benzene rings is 1. The molecule has 1 spiro atoms. The van der Waals surface area contributed by atoms with Crippen molar-refractivity contribution in [1.29, 1.82) is 5.41 Å². The third-order valence-electron chi connectivity index (χ3n) is 8.59. The number of anilines is 1. The van der Waals surface area contributed by atoms with Gasteiger partial charge >= 0.3 is 6.09 Å². The van der Waals surface area contributed by atoms with Gasteiger partial charge in [-0.05, 0) is 56.1 Å². The van der Waals surface area contributed by atoms with Gasteiger partial charge in [-0.3, -0.25) is 5.41 Å². The molecule has 1 aromatic carbocycles. The number of hydrogen-bond donors (Lipinski definition) is 2. The fraction of sp³-hybridized carbons (Fsp3) is 0.536. The molecule has 10 nitrogen and oxygen atoms in total. The van der Waals surface area contributed by atoms with Crippen LogP contribution < -0.4 is 10.6 Å². The molecular formula is C28H34ClN7O3. The van der Waals surface area contributed by atoms with E-state index in [0.717, 1.165) is 61.7 Å². The number of aromatic nitrogens is 4. The molecule has 0 unspecified atom stereocenters. The van der Waals surface area contributed by atoms with Gasteiger partial charge in [0.25, 0.3) is 5.90 Å². The van der Waals surface area contributed by atoms with E-state index in [1.54, 1.807) is 0 Å². The number of halogens is 1. The summed E-state index contributed by atoms with van der Waals surface area (Å²) in [5.41, 5.74) is 7.74. The maximum atomic E-state index is 11.4. The first-order valence-corrected chi connectivity index (χ1v) is 14.2. The Balaban J connectivity index is 1.56. The van der Waals surface area contributed by atoms with E-state index in [2.05, 4.69) is 21.4 Å². The van der Waals surface area contributed by atoms with Crippen molar-refractivity contribution in [2.24, 2.45) is 17.6 Å². The molecule has 206 valence electrons. The van der Waals surface area contributed by atoms with Crippen LogP contribution in [0, 0.1) is 17.2 Å². The Hall–Kier alpha value is -3.24. The summed E-state index contributed by atoms with van der Waals surface area (Å²) in [6.45, 7) is 5.21. The van der Waals surface area contributed by atoms with E-state index in [0.29, 0.717) is 35.5 Å². The summed E-state index contributed by atoms with van der Waals surface area (Å²) < 4.78 is 13.1. The smallest absolute Gasteiger partial charge is 0.388 e. The van der Waals surface area contributed by atoms with Gasteiger partial charge in [0.05, 0.1) is 18.8 Å². The van der Waals surface area contributed by atoms with Gasteiger partial charge in [-0.2, -0.15) is 4.98 Å². The van der Waals surface area contributed by atoms with Crippen LogP contribution in [0.4, 0.5) is 10.7 Å². The lowest BCUT2D eigenvalue weighted by molar-refractivity contribution is 0.0118. The maximum absolute atomic E-state index is 11.4. The molecule has 11 heteroatoms. The lowest BCUT2D eigenvalue weighted by Gasteiger charge is -2.53. The van der Waals surface area contributed by atoms with Crippen molar-refractivity contribution in [2.75, 3.05) is 24.7 Å². The Kier molecular flexibility index (Phi) is 6.93. The second-order valence-corrected chi connectivity index (χ2v) is 11.7. The van der Waals surface area contributed by atoms with Crippen LogP contribution in [0.15, 0.2) is 24.3 Å².